The van der Waals surface area contributed by atoms with Crippen LogP contribution >= 0.6 is 0 Å². The first-order chi connectivity index (χ1) is 10.2. The van der Waals surface area contributed by atoms with Gasteiger partial charge in [0.2, 0.25) is 0 Å². The average molecular weight is 286 g/mol. The van der Waals surface area contributed by atoms with Crippen molar-refractivity contribution < 1.29 is 4.74 Å². The molecule has 114 valence electrons. The monoisotopic (exact) mass is 286 g/mol. The van der Waals surface area contributed by atoms with E-state index in [1.165, 1.54) is 5.56 Å². The van der Waals surface area contributed by atoms with Crippen molar-refractivity contribution in [2.24, 2.45) is 0 Å². The van der Waals surface area contributed by atoms with Crippen LogP contribution in [0.5, 0.6) is 5.75 Å². The molecule has 1 unspecified atom stereocenters. The zero-order chi connectivity index (χ0) is 15.1. The van der Waals surface area contributed by atoms with Gasteiger partial charge in [0.25, 0.3) is 0 Å². The summed E-state index contributed by atoms with van der Waals surface area (Å²) in [5.41, 5.74) is 2.40. The van der Waals surface area contributed by atoms with E-state index in [-0.39, 0.29) is 6.10 Å². The summed E-state index contributed by atoms with van der Waals surface area (Å²) in [4.78, 5) is 0. The lowest BCUT2D eigenvalue weighted by atomic mass is 10.2. The van der Waals surface area contributed by atoms with Crippen LogP contribution in [-0.2, 0) is 13.1 Å². The van der Waals surface area contributed by atoms with Crippen LogP contribution in [0, 0.1) is 0 Å². The maximum atomic E-state index is 5.85. The van der Waals surface area contributed by atoms with Crippen LogP contribution in [0.1, 0.15) is 39.2 Å². The van der Waals surface area contributed by atoms with Crippen LogP contribution in [-0.4, -0.2) is 10.7 Å². The van der Waals surface area contributed by atoms with Gasteiger partial charge in [-0.15, -0.1) is 0 Å². The molecule has 0 radical (unpaired) electrons. The Labute approximate surface area is 127 Å². The van der Waals surface area contributed by atoms with E-state index in [0.717, 1.165) is 37.4 Å². The van der Waals surface area contributed by atoms with Gasteiger partial charge in [-0.1, -0.05) is 19.9 Å². The normalized spacial score (nSPS) is 12.1. The number of nitrogens with zero attached hydrogens (tertiary/aromatic N) is 1. The lowest BCUT2D eigenvalue weighted by molar-refractivity contribution is 0.217. The van der Waals surface area contributed by atoms with Gasteiger partial charge in [-0.2, -0.15) is 0 Å². The summed E-state index contributed by atoms with van der Waals surface area (Å²) < 4.78 is 8.08. The summed E-state index contributed by atoms with van der Waals surface area (Å²) in [5, 5.41) is 3.45. The van der Waals surface area contributed by atoms with Gasteiger partial charge >= 0.3 is 0 Å². The predicted octanol–water partition coefficient (Wildman–Crippen LogP) is 4.69. The van der Waals surface area contributed by atoms with E-state index in [1.807, 2.05) is 12.1 Å². The summed E-state index contributed by atoms with van der Waals surface area (Å²) >= 11 is 0. The Kier molecular flexibility index (Phi) is 5.73. The van der Waals surface area contributed by atoms with Crippen molar-refractivity contribution in [3.8, 4) is 5.75 Å². The molecular formula is C18H26N2O. The highest BCUT2D eigenvalue weighted by Crippen LogP contribution is 2.20. The Hall–Kier alpha value is -1.90. The summed E-state index contributed by atoms with van der Waals surface area (Å²) in [6, 6.07) is 10.3. The van der Waals surface area contributed by atoms with Crippen LogP contribution < -0.4 is 10.1 Å². The van der Waals surface area contributed by atoms with Crippen LogP contribution in [0.3, 0.4) is 0 Å². The summed E-state index contributed by atoms with van der Waals surface area (Å²) in [5.74, 6) is 0.929. The lowest BCUT2D eigenvalue weighted by Gasteiger charge is -2.14. The molecule has 0 saturated heterocycles. The number of aryl methyl sites for hydroxylation is 1. The van der Waals surface area contributed by atoms with Crippen molar-refractivity contribution >= 4 is 5.69 Å². The molecule has 0 saturated carbocycles. The number of hydrogen-bond donors (Lipinski definition) is 1. The molecule has 1 atom stereocenters. The Morgan fingerprint density at radius 3 is 2.86 bits per heavy atom. The van der Waals surface area contributed by atoms with E-state index in [9.17, 15) is 0 Å². The minimum atomic E-state index is 0.253. The third-order valence-corrected chi connectivity index (χ3v) is 3.54. The van der Waals surface area contributed by atoms with Gasteiger partial charge in [-0.3, -0.25) is 0 Å². The number of rotatable bonds is 8. The highest BCUT2D eigenvalue weighted by Gasteiger charge is 2.02. The standard InChI is InChI=1S/C18H26N2O/c1-4-10-20-11-9-16(14-20)13-19-17-7-6-8-18(12-17)21-15(3)5-2/h6-9,11-12,14-15,19H,4-5,10,13H2,1-3H3. The molecule has 21 heavy (non-hydrogen) atoms. The van der Waals surface area contributed by atoms with Gasteiger partial charge in [-0.25, -0.2) is 0 Å². The topological polar surface area (TPSA) is 26.2 Å². The molecule has 0 fully saturated rings. The van der Waals surface area contributed by atoms with E-state index in [4.69, 9.17) is 4.74 Å². The van der Waals surface area contributed by atoms with Gasteiger partial charge < -0.3 is 14.6 Å². The quantitative estimate of drug-likeness (QED) is 0.762. The van der Waals surface area contributed by atoms with Crippen LogP contribution in [0.25, 0.3) is 0 Å². The summed E-state index contributed by atoms with van der Waals surface area (Å²) in [6.07, 6.45) is 6.78. The smallest absolute Gasteiger partial charge is 0.121 e. The van der Waals surface area contributed by atoms with Gasteiger partial charge in [-0.05, 0) is 43.5 Å². The molecule has 1 aromatic carbocycles. The molecule has 1 N–H and O–H groups in total. The van der Waals surface area contributed by atoms with Crippen LogP contribution in [0.4, 0.5) is 5.69 Å². The van der Waals surface area contributed by atoms with Crippen molar-refractivity contribution in [1.82, 2.24) is 4.57 Å². The fourth-order valence-electron chi connectivity index (χ4n) is 2.19. The summed E-state index contributed by atoms with van der Waals surface area (Å²) in [6.45, 7) is 8.34. The van der Waals surface area contributed by atoms with E-state index in [0.29, 0.717) is 0 Å². The SMILES string of the molecule is CCCn1ccc(CNc2cccc(OC(C)CC)c2)c1. The van der Waals surface area contributed by atoms with Gasteiger partial charge in [0.15, 0.2) is 0 Å². The fraction of sp³-hybridized carbons (Fsp3) is 0.444. The second-order valence-electron chi connectivity index (χ2n) is 5.48. The molecule has 0 bridgehead atoms. The zero-order valence-electron chi connectivity index (χ0n) is 13.3. The largest absolute Gasteiger partial charge is 0.491 e. The molecular weight excluding hydrogens is 260 g/mol. The van der Waals surface area contributed by atoms with Gasteiger partial charge in [0.1, 0.15) is 5.75 Å². The van der Waals surface area contributed by atoms with Crippen molar-refractivity contribution in [1.29, 1.82) is 0 Å². The van der Waals surface area contributed by atoms with E-state index < -0.39 is 0 Å². The number of hydrogen-bond acceptors (Lipinski definition) is 2. The van der Waals surface area contributed by atoms with E-state index in [2.05, 4.69) is 61.2 Å². The number of benzene rings is 1. The summed E-state index contributed by atoms with van der Waals surface area (Å²) in [7, 11) is 0. The Morgan fingerprint density at radius 2 is 2.10 bits per heavy atom. The third kappa shape index (κ3) is 4.85. The molecule has 2 aromatic rings. The van der Waals surface area contributed by atoms with E-state index >= 15 is 0 Å². The van der Waals surface area contributed by atoms with Crippen molar-refractivity contribution in [3.63, 3.8) is 0 Å². The van der Waals surface area contributed by atoms with Crippen molar-refractivity contribution in [2.75, 3.05) is 5.32 Å². The Balaban J connectivity index is 1.91. The minimum absolute atomic E-state index is 0.253. The highest BCUT2D eigenvalue weighted by molar-refractivity contribution is 5.48. The molecule has 2 rings (SSSR count). The second-order valence-corrected chi connectivity index (χ2v) is 5.48. The molecule has 1 aromatic heterocycles. The molecule has 0 aliphatic carbocycles. The molecule has 3 heteroatoms. The number of nitrogens with one attached hydrogen (secondary N) is 1. The second kappa shape index (κ2) is 7.77. The first kappa shape index (κ1) is 15.5. The maximum absolute atomic E-state index is 5.85. The number of anilines is 1. The molecule has 3 nitrogen and oxygen atoms in total. The third-order valence-electron chi connectivity index (χ3n) is 3.54. The maximum Gasteiger partial charge on any atom is 0.121 e. The highest BCUT2D eigenvalue weighted by atomic mass is 16.5. The van der Waals surface area contributed by atoms with Gasteiger partial charge in [0, 0.05) is 37.2 Å². The first-order valence-electron chi connectivity index (χ1n) is 7.86. The minimum Gasteiger partial charge on any atom is -0.491 e. The molecule has 1 heterocycles. The Bertz CT molecular complexity index is 548. The van der Waals surface area contributed by atoms with Crippen LogP contribution in [0.2, 0.25) is 0 Å². The average Bonchev–Trinajstić information content (AvgIpc) is 2.93. The molecule has 0 aliphatic rings. The zero-order valence-corrected chi connectivity index (χ0v) is 13.3. The fourth-order valence-corrected chi connectivity index (χ4v) is 2.19. The first-order valence-corrected chi connectivity index (χ1v) is 7.86. The molecule has 0 aliphatic heterocycles. The predicted molar refractivity (Wildman–Crippen MR) is 88.9 cm³/mol. The lowest BCUT2D eigenvalue weighted by Crippen LogP contribution is -2.09. The Morgan fingerprint density at radius 1 is 1.24 bits per heavy atom. The molecule has 0 spiro atoms. The number of ether oxygens (including phenoxy) is 1. The van der Waals surface area contributed by atoms with Crippen molar-refractivity contribution in [3.05, 3.63) is 48.3 Å². The van der Waals surface area contributed by atoms with Gasteiger partial charge in [0.05, 0.1) is 6.10 Å². The number of aromatic nitrogens is 1. The molecule has 0 amide bonds. The van der Waals surface area contributed by atoms with Crippen molar-refractivity contribution in [2.45, 2.75) is 52.8 Å². The van der Waals surface area contributed by atoms with Crippen LogP contribution in [0.15, 0.2) is 42.7 Å². The van der Waals surface area contributed by atoms with E-state index in [1.54, 1.807) is 0 Å².